The molecule has 3 nitrogen and oxygen atoms in total. The number of amides is 1. The number of anilines is 1. The number of rotatable bonds is 7. The Balaban J connectivity index is 1.88. The summed E-state index contributed by atoms with van der Waals surface area (Å²) in [7, 11) is 0. The molecule has 0 fully saturated rings. The number of hydrogen-bond acceptors (Lipinski definition) is 2. The van der Waals surface area contributed by atoms with Crippen molar-refractivity contribution in [3.05, 3.63) is 65.0 Å². The highest BCUT2D eigenvalue weighted by Gasteiger charge is 2.11. The van der Waals surface area contributed by atoms with E-state index in [1.807, 2.05) is 24.3 Å². The van der Waals surface area contributed by atoms with Crippen LogP contribution in [0.15, 0.2) is 42.5 Å². The number of carbonyl (C=O) groups excluding carboxylic acids is 2. The molecule has 0 aromatic heterocycles. The summed E-state index contributed by atoms with van der Waals surface area (Å²) in [5.74, 6) is -0.198. The summed E-state index contributed by atoms with van der Waals surface area (Å²) in [6, 6.07) is 11.8. The number of halogens is 1. The van der Waals surface area contributed by atoms with Gasteiger partial charge < -0.3 is 5.32 Å². The summed E-state index contributed by atoms with van der Waals surface area (Å²) >= 11 is 0. The van der Waals surface area contributed by atoms with Crippen LogP contribution in [0.5, 0.6) is 0 Å². The van der Waals surface area contributed by atoms with Gasteiger partial charge in [-0.05, 0) is 42.5 Å². The van der Waals surface area contributed by atoms with Crippen LogP contribution in [-0.2, 0) is 11.2 Å². The Kier molecular flexibility index (Phi) is 6.45. The first kappa shape index (κ1) is 18.8. The van der Waals surface area contributed by atoms with Gasteiger partial charge in [0.25, 0.3) is 0 Å². The topological polar surface area (TPSA) is 46.2 Å². The number of nitrogens with one attached hydrogen (secondary N) is 1. The Hall–Kier alpha value is -2.49. The van der Waals surface area contributed by atoms with Gasteiger partial charge >= 0.3 is 0 Å². The lowest BCUT2D eigenvalue weighted by Gasteiger charge is -2.09. The van der Waals surface area contributed by atoms with Crippen molar-refractivity contribution in [3.63, 3.8) is 0 Å². The number of Topliss-reactive ketones (excluding diaryl/α,β-unsaturated/α-hetero) is 1. The van der Waals surface area contributed by atoms with Crippen molar-refractivity contribution in [1.29, 1.82) is 0 Å². The van der Waals surface area contributed by atoms with E-state index in [0.717, 1.165) is 12.0 Å². The van der Waals surface area contributed by atoms with Crippen molar-refractivity contribution in [2.45, 2.75) is 40.0 Å². The predicted octanol–water partition coefficient (Wildman–Crippen LogP) is 4.93. The Bertz CT molecular complexity index is 751. The number of hydrogen-bond donors (Lipinski definition) is 1. The molecule has 0 unspecified atom stereocenters. The zero-order chi connectivity index (χ0) is 18.4. The van der Waals surface area contributed by atoms with E-state index in [4.69, 9.17) is 0 Å². The van der Waals surface area contributed by atoms with E-state index in [2.05, 4.69) is 19.2 Å². The lowest BCUT2D eigenvalue weighted by atomic mass is 9.99. The maximum absolute atomic E-state index is 13.2. The molecule has 0 aliphatic rings. The molecule has 25 heavy (non-hydrogen) atoms. The zero-order valence-corrected chi connectivity index (χ0v) is 14.9. The highest BCUT2D eigenvalue weighted by Crippen LogP contribution is 2.17. The number of carbonyl (C=O) groups is 2. The Morgan fingerprint density at radius 2 is 1.72 bits per heavy atom. The summed E-state index contributed by atoms with van der Waals surface area (Å²) in [5.41, 5.74) is 3.03. The second-order valence-electron chi connectivity index (χ2n) is 6.73. The van der Waals surface area contributed by atoms with Gasteiger partial charge in [0.05, 0.1) is 0 Å². The van der Waals surface area contributed by atoms with Crippen LogP contribution in [0.1, 0.15) is 48.2 Å². The highest BCUT2D eigenvalue weighted by molar-refractivity contribution is 6.00. The first-order valence-electron chi connectivity index (χ1n) is 8.53. The summed E-state index contributed by atoms with van der Waals surface area (Å²) in [6.07, 6.45) is 1.18. The third-order valence-corrected chi connectivity index (χ3v) is 3.97. The van der Waals surface area contributed by atoms with Gasteiger partial charge in [-0.1, -0.05) is 44.2 Å². The molecule has 2 aromatic rings. The van der Waals surface area contributed by atoms with Crippen LogP contribution >= 0.6 is 0 Å². The molecular weight excluding hydrogens is 317 g/mol. The summed E-state index contributed by atoms with van der Waals surface area (Å²) in [4.78, 5) is 24.2. The SMILES string of the molecule is Cc1ccc(F)cc1NC(=O)CCC(=O)c1ccc(CC(C)C)cc1. The maximum atomic E-state index is 13.2. The molecule has 1 N–H and O–H groups in total. The minimum Gasteiger partial charge on any atom is -0.326 e. The average Bonchev–Trinajstić information content (AvgIpc) is 2.56. The minimum absolute atomic E-state index is 0.0674. The van der Waals surface area contributed by atoms with Gasteiger partial charge in [-0.25, -0.2) is 4.39 Å². The van der Waals surface area contributed by atoms with Crippen molar-refractivity contribution >= 4 is 17.4 Å². The van der Waals surface area contributed by atoms with E-state index in [-0.39, 0.29) is 24.5 Å². The second-order valence-corrected chi connectivity index (χ2v) is 6.73. The second kappa shape index (κ2) is 8.56. The van der Waals surface area contributed by atoms with Crippen molar-refractivity contribution in [3.8, 4) is 0 Å². The van der Waals surface area contributed by atoms with Crippen LogP contribution in [0.25, 0.3) is 0 Å². The van der Waals surface area contributed by atoms with Gasteiger partial charge in [0, 0.05) is 24.1 Å². The van der Waals surface area contributed by atoms with Crippen molar-refractivity contribution in [2.75, 3.05) is 5.32 Å². The van der Waals surface area contributed by atoms with Gasteiger partial charge in [-0.15, -0.1) is 0 Å². The summed E-state index contributed by atoms with van der Waals surface area (Å²) in [5, 5.41) is 2.66. The summed E-state index contributed by atoms with van der Waals surface area (Å²) in [6.45, 7) is 6.09. The molecular formula is C21H24FNO2. The first-order chi connectivity index (χ1) is 11.8. The van der Waals surface area contributed by atoms with Crippen LogP contribution in [-0.4, -0.2) is 11.7 Å². The predicted molar refractivity (Wildman–Crippen MR) is 98.3 cm³/mol. The quantitative estimate of drug-likeness (QED) is 0.726. The van der Waals surface area contributed by atoms with Crippen LogP contribution in [0.4, 0.5) is 10.1 Å². The fourth-order valence-electron chi connectivity index (χ4n) is 2.61. The average molecular weight is 341 g/mol. The van der Waals surface area contributed by atoms with Gasteiger partial charge in [0.2, 0.25) is 5.91 Å². The van der Waals surface area contributed by atoms with E-state index in [1.54, 1.807) is 13.0 Å². The molecule has 1 amide bonds. The molecule has 0 bridgehead atoms. The van der Waals surface area contributed by atoms with Gasteiger partial charge in [-0.3, -0.25) is 9.59 Å². The van der Waals surface area contributed by atoms with Crippen molar-refractivity contribution in [2.24, 2.45) is 5.92 Å². The molecule has 0 radical (unpaired) electrons. The molecule has 0 saturated carbocycles. The number of ketones is 1. The Labute approximate surface area is 148 Å². The lowest BCUT2D eigenvalue weighted by molar-refractivity contribution is -0.116. The smallest absolute Gasteiger partial charge is 0.224 e. The molecule has 0 aliphatic carbocycles. The molecule has 0 atom stereocenters. The van der Waals surface area contributed by atoms with Crippen LogP contribution in [0.3, 0.4) is 0 Å². The third kappa shape index (κ3) is 5.82. The maximum Gasteiger partial charge on any atom is 0.224 e. The lowest BCUT2D eigenvalue weighted by Crippen LogP contribution is -2.14. The van der Waals surface area contributed by atoms with E-state index in [1.165, 1.54) is 17.7 Å². The fraction of sp³-hybridized carbons (Fsp3) is 0.333. The van der Waals surface area contributed by atoms with Gasteiger partial charge in [0.1, 0.15) is 5.82 Å². The van der Waals surface area contributed by atoms with Crippen molar-refractivity contribution < 1.29 is 14.0 Å². The van der Waals surface area contributed by atoms with E-state index < -0.39 is 5.82 Å². The monoisotopic (exact) mass is 341 g/mol. The zero-order valence-electron chi connectivity index (χ0n) is 14.9. The summed E-state index contributed by atoms with van der Waals surface area (Å²) < 4.78 is 13.2. The molecule has 2 aromatic carbocycles. The standard InChI is InChI=1S/C21H24FNO2/c1-14(2)12-16-5-7-17(8-6-16)20(24)10-11-21(25)23-19-13-18(22)9-4-15(19)3/h4-9,13-14H,10-12H2,1-3H3,(H,23,25). The van der Waals surface area contributed by atoms with E-state index in [9.17, 15) is 14.0 Å². The van der Waals surface area contributed by atoms with Crippen LogP contribution in [0.2, 0.25) is 0 Å². The number of benzene rings is 2. The van der Waals surface area contributed by atoms with Crippen molar-refractivity contribution in [1.82, 2.24) is 0 Å². The molecule has 2 rings (SSSR count). The Morgan fingerprint density at radius 1 is 1.04 bits per heavy atom. The van der Waals surface area contributed by atoms with E-state index in [0.29, 0.717) is 17.2 Å². The van der Waals surface area contributed by atoms with Gasteiger partial charge in [0.15, 0.2) is 5.78 Å². The molecule has 132 valence electrons. The molecule has 0 heterocycles. The van der Waals surface area contributed by atoms with Crippen LogP contribution in [0, 0.1) is 18.7 Å². The van der Waals surface area contributed by atoms with E-state index >= 15 is 0 Å². The molecule has 4 heteroatoms. The van der Waals surface area contributed by atoms with Crippen LogP contribution < -0.4 is 5.32 Å². The minimum atomic E-state index is -0.404. The largest absolute Gasteiger partial charge is 0.326 e. The normalized spacial score (nSPS) is 10.8. The third-order valence-electron chi connectivity index (χ3n) is 3.97. The first-order valence-corrected chi connectivity index (χ1v) is 8.53. The number of aryl methyl sites for hydroxylation is 1. The Morgan fingerprint density at radius 3 is 2.36 bits per heavy atom. The molecule has 0 saturated heterocycles. The fourth-order valence-corrected chi connectivity index (χ4v) is 2.61. The molecule has 0 aliphatic heterocycles. The van der Waals surface area contributed by atoms with Gasteiger partial charge in [-0.2, -0.15) is 0 Å². The highest BCUT2D eigenvalue weighted by atomic mass is 19.1. The molecule has 0 spiro atoms.